The fourth-order valence-electron chi connectivity index (χ4n) is 1.80. The Bertz CT molecular complexity index is 753. The van der Waals surface area contributed by atoms with Crippen molar-refractivity contribution in [3.63, 3.8) is 0 Å². The van der Waals surface area contributed by atoms with Crippen molar-refractivity contribution in [1.29, 1.82) is 0 Å². The summed E-state index contributed by atoms with van der Waals surface area (Å²) < 4.78 is 38.8. The van der Waals surface area contributed by atoms with Gasteiger partial charge in [0.2, 0.25) is 5.91 Å². The second-order valence-corrected chi connectivity index (χ2v) is 4.56. The van der Waals surface area contributed by atoms with Crippen molar-refractivity contribution in [2.45, 2.75) is 12.7 Å². The molecule has 1 amide bonds. The van der Waals surface area contributed by atoms with Gasteiger partial charge in [0, 0.05) is 23.6 Å². The van der Waals surface area contributed by atoms with Gasteiger partial charge in [-0.3, -0.25) is 9.59 Å². The Kier molecular flexibility index (Phi) is 4.20. The monoisotopic (exact) mass is 311 g/mol. The molecular formula is C14H12F3N3O2. The van der Waals surface area contributed by atoms with E-state index in [4.69, 9.17) is 5.73 Å². The highest BCUT2D eigenvalue weighted by atomic mass is 19.4. The van der Waals surface area contributed by atoms with E-state index in [0.717, 1.165) is 16.7 Å². The Morgan fingerprint density at radius 3 is 2.64 bits per heavy atom. The quantitative estimate of drug-likeness (QED) is 0.911. The summed E-state index contributed by atoms with van der Waals surface area (Å²) in [5, 5.41) is 2.31. The van der Waals surface area contributed by atoms with Crippen molar-refractivity contribution in [3.05, 3.63) is 58.5 Å². The minimum Gasteiger partial charge on any atom is -0.398 e. The van der Waals surface area contributed by atoms with Gasteiger partial charge in [-0.05, 0) is 24.3 Å². The number of benzene rings is 1. The van der Waals surface area contributed by atoms with Gasteiger partial charge in [0.15, 0.2) is 0 Å². The standard InChI is InChI=1S/C14H12F3N3O2/c15-14(16,17)9-2-1-3-11(6-9)19-12(21)8-20-7-10(18)4-5-13(20)22/h1-7H,8,18H2,(H,19,21). The van der Waals surface area contributed by atoms with E-state index in [1.165, 1.54) is 30.5 Å². The minimum atomic E-state index is -4.49. The van der Waals surface area contributed by atoms with Crippen LogP contribution in [0.15, 0.2) is 47.4 Å². The molecule has 0 aliphatic heterocycles. The molecule has 0 radical (unpaired) electrons. The molecule has 1 aromatic heterocycles. The second kappa shape index (κ2) is 5.92. The van der Waals surface area contributed by atoms with Crippen LogP contribution in [0.4, 0.5) is 24.5 Å². The lowest BCUT2D eigenvalue weighted by Crippen LogP contribution is -2.27. The molecule has 0 aliphatic carbocycles. The number of amides is 1. The third-order valence-corrected chi connectivity index (χ3v) is 2.79. The Labute approximate surface area is 123 Å². The summed E-state index contributed by atoms with van der Waals surface area (Å²) in [7, 11) is 0. The van der Waals surface area contributed by atoms with Gasteiger partial charge in [0.1, 0.15) is 6.54 Å². The number of rotatable bonds is 3. The fraction of sp³-hybridized carbons (Fsp3) is 0.143. The van der Waals surface area contributed by atoms with Gasteiger partial charge in [-0.25, -0.2) is 0 Å². The van der Waals surface area contributed by atoms with E-state index >= 15 is 0 Å². The smallest absolute Gasteiger partial charge is 0.398 e. The molecule has 0 fully saturated rings. The number of nitrogens with zero attached hydrogens (tertiary/aromatic N) is 1. The van der Waals surface area contributed by atoms with E-state index in [1.807, 2.05) is 0 Å². The highest BCUT2D eigenvalue weighted by Crippen LogP contribution is 2.30. The van der Waals surface area contributed by atoms with Crippen molar-refractivity contribution >= 4 is 17.3 Å². The first-order valence-corrected chi connectivity index (χ1v) is 6.19. The van der Waals surface area contributed by atoms with Crippen LogP contribution in [-0.4, -0.2) is 10.5 Å². The maximum absolute atomic E-state index is 12.6. The minimum absolute atomic E-state index is 0.00298. The van der Waals surface area contributed by atoms with Crippen LogP contribution >= 0.6 is 0 Å². The molecule has 8 heteroatoms. The molecule has 116 valence electrons. The van der Waals surface area contributed by atoms with Crippen LogP contribution in [0.5, 0.6) is 0 Å². The largest absolute Gasteiger partial charge is 0.416 e. The van der Waals surface area contributed by atoms with Crippen LogP contribution in [0, 0.1) is 0 Å². The normalized spacial score (nSPS) is 11.2. The van der Waals surface area contributed by atoms with E-state index in [1.54, 1.807) is 0 Å². The zero-order chi connectivity index (χ0) is 16.3. The molecule has 0 spiro atoms. The fourth-order valence-corrected chi connectivity index (χ4v) is 1.80. The number of hydrogen-bond acceptors (Lipinski definition) is 3. The van der Waals surface area contributed by atoms with Crippen LogP contribution in [0.2, 0.25) is 0 Å². The molecule has 0 atom stereocenters. The Morgan fingerprint density at radius 1 is 1.23 bits per heavy atom. The van der Waals surface area contributed by atoms with Gasteiger partial charge in [-0.15, -0.1) is 0 Å². The summed E-state index contributed by atoms with van der Waals surface area (Å²) in [4.78, 5) is 23.3. The van der Waals surface area contributed by atoms with Crippen LogP contribution < -0.4 is 16.6 Å². The van der Waals surface area contributed by atoms with E-state index in [9.17, 15) is 22.8 Å². The zero-order valence-corrected chi connectivity index (χ0v) is 11.2. The van der Waals surface area contributed by atoms with Gasteiger partial charge in [0.05, 0.1) is 5.56 Å². The predicted octanol–water partition coefficient (Wildman–Crippen LogP) is 2.09. The number of alkyl halides is 3. The van der Waals surface area contributed by atoms with E-state index < -0.39 is 23.2 Å². The second-order valence-electron chi connectivity index (χ2n) is 4.56. The number of aromatic nitrogens is 1. The number of nitrogens with two attached hydrogens (primary N) is 1. The van der Waals surface area contributed by atoms with E-state index in [-0.39, 0.29) is 12.2 Å². The number of anilines is 2. The zero-order valence-electron chi connectivity index (χ0n) is 11.2. The first-order valence-electron chi connectivity index (χ1n) is 6.19. The maximum atomic E-state index is 12.6. The average Bonchev–Trinajstić information content (AvgIpc) is 2.42. The SMILES string of the molecule is Nc1ccc(=O)n(CC(=O)Nc2cccc(C(F)(F)F)c2)c1. The number of nitrogens with one attached hydrogen (secondary N) is 1. The van der Waals surface area contributed by atoms with Gasteiger partial charge < -0.3 is 15.6 Å². The number of nitrogen functional groups attached to an aromatic ring is 1. The molecular weight excluding hydrogens is 299 g/mol. The average molecular weight is 311 g/mol. The van der Waals surface area contributed by atoms with Crippen molar-refractivity contribution in [2.75, 3.05) is 11.1 Å². The molecule has 2 rings (SSSR count). The first-order chi connectivity index (χ1) is 10.3. The molecule has 0 aliphatic rings. The van der Waals surface area contributed by atoms with Crippen molar-refractivity contribution in [1.82, 2.24) is 4.57 Å². The molecule has 0 bridgehead atoms. The third kappa shape index (κ3) is 3.87. The summed E-state index contributed by atoms with van der Waals surface area (Å²) in [5.41, 5.74) is 4.50. The molecule has 0 saturated carbocycles. The van der Waals surface area contributed by atoms with Crippen molar-refractivity contribution in [2.24, 2.45) is 0 Å². The summed E-state index contributed by atoms with van der Waals surface area (Å²) in [6.07, 6.45) is -3.21. The molecule has 0 unspecified atom stereocenters. The van der Waals surface area contributed by atoms with E-state index in [0.29, 0.717) is 5.69 Å². The Hall–Kier alpha value is -2.77. The number of pyridine rings is 1. The molecule has 1 aromatic carbocycles. The van der Waals surface area contributed by atoms with Gasteiger partial charge in [0.25, 0.3) is 5.56 Å². The molecule has 3 N–H and O–H groups in total. The Balaban J connectivity index is 2.13. The molecule has 2 aromatic rings. The van der Waals surface area contributed by atoms with E-state index in [2.05, 4.69) is 5.32 Å². The van der Waals surface area contributed by atoms with Crippen molar-refractivity contribution < 1.29 is 18.0 Å². The number of hydrogen-bond donors (Lipinski definition) is 2. The topological polar surface area (TPSA) is 77.1 Å². The van der Waals surface area contributed by atoms with Crippen LogP contribution in [0.25, 0.3) is 0 Å². The van der Waals surface area contributed by atoms with Crippen LogP contribution in [0.3, 0.4) is 0 Å². The highest BCUT2D eigenvalue weighted by Gasteiger charge is 2.30. The van der Waals surface area contributed by atoms with Crippen molar-refractivity contribution in [3.8, 4) is 0 Å². The lowest BCUT2D eigenvalue weighted by Gasteiger charge is -2.10. The predicted molar refractivity (Wildman–Crippen MR) is 75.2 cm³/mol. The van der Waals surface area contributed by atoms with Gasteiger partial charge >= 0.3 is 6.18 Å². The number of carbonyl (C=O) groups excluding carboxylic acids is 1. The molecule has 0 saturated heterocycles. The molecule has 1 heterocycles. The first kappa shape index (κ1) is 15.6. The lowest BCUT2D eigenvalue weighted by molar-refractivity contribution is -0.137. The number of halogens is 3. The summed E-state index contributed by atoms with van der Waals surface area (Å²) in [6, 6.07) is 6.83. The van der Waals surface area contributed by atoms with Gasteiger partial charge in [-0.2, -0.15) is 13.2 Å². The lowest BCUT2D eigenvalue weighted by atomic mass is 10.2. The third-order valence-electron chi connectivity index (χ3n) is 2.79. The van der Waals surface area contributed by atoms with Crippen LogP contribution in [-0.2, 0) is 17.5 Å². The summed E-state index contributed by atoms with van der Waals surface area (Å²) in [6.45, 7) is -0.347. The highest BCUT2D eigenvalue weighted by molar-refractivity contribution is 5.90. The van der Waals surface area contributed by atoms with Gasteiger partial charge in [-0.1, -0.05) is 6.07 Å². The summed E-state index contributed by atoms with van der Waals surface area (Å²) in [5.74, 6) is -0.632. The Morgan fingerprint density at radius 2 is 1.95 bits per heavy atom. The van der Waals surface area contributed by atoms with Crippen LogP contribution in [0.1, 0.15) is 5.56 Å². The number of carbonyl (C=O) groups is 1. The molecule has 5 nitrogen and oxygen atoms in total. The maximum Gasteiger partial charge on any atom is 0.416 e. The molecule has 22 heavy (non-hydrogen) atoms. The summed E-state index contributed by atoms with van der Waals surface area (Å²) >= 11 is 0.